The number of esters is 1. The second-order valence-corrected chi connectivity index (χ2v) is 6.21. The number of unbranched alkanes of at least 4 members (excludes halogenated alkanes) is 1. The summed E-state index contributed by atoms with van der Waals surface area (Å²) in [5.74, 6) is -0.259. The van der Waals surface area contributed by atoms with E-state index in [2.05, 4.69) is 12.2 Å². The van der Waals surface area contributed by atoms with Gasteiger partial charge >= 0.3 is 12.1 Å². The minimum atomic E-state index is -0.724. The predicted molar refractivity (Wildman–Crippen MR) is 91.8 cm³/mol. The van der Waals surface area contributed by atoms with Crippen LogP contribution in [0.25, 0.3) is 0 Å². The van der Waals surface area contributed by atoms with Crippen molar-refractivity contribution in [3.63, 3.8) is 0 Å². The molecule has 1 N–H and O–H groups in total. The van der Waals surface area contributed by atoms with Crippen LogP contribution < -0.4 is 14.8 Å². The van der Waals surface area contributed by atoms with E-state index in [1.54, 1.807) is 32.9 Å². The maximum Gasteiger partial charge on any atom is 0.408 e. The minimum Gasteiger partial charge on any atom is -0.490 e. The highest BCUT2D eigenvalue weighted by atomic mass is 16.6. The third-order valence-corrected chi connectivity index (χ3v) is 2.76. The number of benzene rings is 1. The smallest absolute Gasteiger partial charge is 0.408 e. The molecule has 0 saturated carbocycles. The van der Waals surface area contributed by atoms with Crippen LogP contribution in [0.2, 0.25) is 0 Å². The molecule has 0 spiro atoms. The Kier molecular flexibility index (Phi) is 7.91. The predicted octanol–water partition coefficient (Wildman–Crippen LogP) is 2.92. The Bertz CT molecular complexity index is 606. The largest absolute Gasteiger partial charge is 0.490 e. The second-order valence-electron chi connectivity index (χ2n) is 6.21. The van der Waals surface area contributed by atoms with E-state index in [4.69, 9.17) is 14.2 Å². The first-order valence-corrected chi connectivity index (χ1v) is 7.94. The summed E-state index contributed by atoms with van der Waals surface area (Å²) in [6, 6.07) is 4.51. The van der Waals surface area contributed by atoms with E-state index in [-0.39, 0.29) is 12.3 Å². The normalized spacial score (nSPS) is 10.7. The van der Waals surface area contributed by atoms with Crippen molar-refractivity contribution < 1.29 is 28.6 Å². The zero-order valence-corrected chi connectivity index (χ0v) is 14.8. The Morgan fingerprint density at radius 1 is 1.24 bits per heavy atom. The first-order chi connectivity index (χ1) is 11.7. The van der Waals surface area contributed by atoms with Crippen molar-refractivity contribution in [3.8, 4) is 11.5 Å². The number of hydrogen-bond acceptors (Lipinski definition) is 6. The zero-order valence-electron chi connectivity index (χ0n) is 14.8. The van der Waals surface area contributed by atoms with Crippen LogP contribution in [0.1, 0.15) is 44.0 Å². The number of alkyl carbamates (subject to hydrolysis) is 1. The molecule has 1 rings (SSSR count). The molecule has 0 bridgehead atoms. The fraction of sp³-hybridized carbons (Fsp3) is 0.444. The van der Waals surface area contributed by atoms with Gasteiger partial charge in [0.15, 0.2) is 11.5 Å². The highest BCUT2D eigenvalue weighted by Crippen LogP contribution is 2.28. The van der Waals surface area contributed by atoms with E-state index in [9.17, 15) is 14.4 Å². The average molecular weight is 350 g/mol. The Morgan fingerprint density at radius 3 is 2.56 bits per heavy atom. The summed E-state index contributed by atoms with van der Waals surface area (Å²) in [5.41, 5.74) is -0.325. The summed E-state index contributed by atoms with van der Waals surface area (Å²) in [4.78, 5) is 34.4. The molecule has 0 aliphatic heterocycles. The molecule has 1 aromatic carbocycles. The number of nitrogens with one attached hydrogen (secondary N) is 1. The summed E-state index contributed by atoms with van der Waals surface area (Å²) < 4.78 is 15.7. The van der Waals surface area contributed by atoms with Crippen molar-refractivity contribution in [3.05, 3.63) is 30.7 Å². The third-order valence-electron chi connectivity index (χ3n) is 2.76. The standard InChI is InChI=1S/C18H24NO6/c1-5-6-9-23-14-8-7-13(12-20)10-15(14)24-16(21)11-19-17(22)25-18(2,3)4/h7-8,10,12H,1,5-6,9,11H2,2-4H3,(H,19,22)/q-1. The maximum atomic E-state index is 11.9. The van der Waals surface area contributed by atoms with Gasteiger partial charge in [0.2, 0.25) is 0 Å². The maximum absolute atomic E-state index is 11.9. The molecule has 0 aliphatic rings. The van der Waals surface area contributed by atoms with E-state index in [0.717, 1.165) is 6.42 Å². The summed E-state index contributed by atoms with van der Waals surface area (Å²) in [5, 5.41) is 2.31. The first-order valence-electron chi connectivity index (χ1n) is 7.94. The van der Waals surface area contributed by atoms with Crippen molar-refractivity contribution in [1.82, 2.24) is 5.32 Å². The third kappa shape index (κ3) is 8.19. The van der Waals surface area contributed by atoms with Gasteiger partial charge in [0.1, 0.15) is 18.4 Å². The van der Waals surface area contributed by atoms with E-state index >= 15 is 0 Å². The van der Waals surface area contributed by atoms with Gasteiger partial charge in [-0.25, -0.2) is 9.59 Å². The molecule has 0 aliphatic carbocycles. The van der Waals surface area contributed by atoms with Gasteiger partial charge in [0.25, 0.3) is 0 Å². The van der Waals surface area contributed by atoms with Gasteiger partial charge in [-0.15, -0.1) is 0 Å². The Morgan fingerprint density at radius 2 is 1.96 bits per heavy atom. The minimum absolute atomic E-state index is 0.115. The van der Waals surface area contributed by atoms with E-state index in [0.29, 0.717) is 30.6 Å². The molecule has 0 atom stereocenters. The molecular formula is C18H24NO6-. The SMILES string of the molecule is [CH2-]CCCOc1ccc(C=O)cc1OC(=O)CNC(=O)OC(C)(C)C. The number of hydrogen-bond donors (Lipinski definition) is 1. The van der Waals surface area contributed by atoms with Crippen LogP contribution >= 0.6 is 0 Å². The van der Waals surface area contributed by atoms with Gasteiger partial charge in [-0.05, 0) is 45.4 Å². The van der Waals surface area contributed by atoms with Gasteiger partial charge in [-0.2, -0.15) is 6.42 Å². The molecule has 0 saturated heterocycles. The van der Waals surface area contributed by atoms with Gasteiger partial charge < -0.3 is 26.5 Å². The van der Waals surface area contributed by atoms with Crippen LogP contribution in [0.3, 0.4) is 0 Å². The van der Waals surface area contributed by atoms with Gasteiger partial charge in [-0.1, -0.05) is 0 Å². The van der Waals surface area contributed by atoms with Crippen molar-refractivity contribution in [2.24, 2.45) is 0 Å². The average Bonchev–Trinajstić information content (AvgIpc) is 2.53. The summed E-state index contributed by atoms with van der Waals surface area (Å²) >= 11 is 0. The lowest BCUT2D eigenvalue weighted by Gasteiger charge is -2.19. The van der Waals surface area contributed by atoms with Crippen molar-refractivity contribution in [1.29, 1.82) is 0 Å². The highest BCUT2D eigenvalue weighted by molar-refractivity contribution is 5.81. The molecule has 0 fully saturated rings. The monoisotopic (exact) mass is 350 g/mol. The fourth-order valence-corrected chi connectivity index (χ4v) is 1.70. The molecule has 7 heteroatoms. The Hall–Kier alpha value is -2.57. The Labute approximate surface area is 147 Å². The number of ether oxygens (including phenoxy) is 3. The quantitative estimate of drug-likeness (QED) is 0.255. The number of carbonyl (C=O) groups is 3. The van der Waals surface area contributed by atoms with Gasteiger partial charge in [-0.3, -0.25) is 4.79 Å². The molecule has 0 radical (unpaired) electrons. The zero-order chi connectivity index (χ0) is 18.9. The summed E-state index contributed by atoms with van der Waals surface area (Å²) in [7, 11) is 0. The molecule has 1 aromatic rings. The lowest BCUT2D eigenvalue weighted by molar-refractivity contribution is -0.133. The van der Waals surface area contributed by atoms with Crippen LogP contribution in [0.5, 0.6) is 11.5 Å². The number of amides is 1. The van der Waals surface area contributed by atoms with E-state index < -0.39 is 17.7 Å². The van der Waals surface area contributed by atoms with Crippen LogP contribution in [0, 0.1) is 6.92 Å². The van der Waals surface area contributed by atoms with Crippen LogP contribution in [0.4, 0.5) is 4.79 Å². The van der Waals surface area contributed by atoms with E-state index in [1.807, 2.05) is 0 Å². The van der Waals surface area contributed by atoms with Crippen molar-refractivity contribution in [2.45, 2.75) is 39.2 Å². The second kappa shape index (κ2) is 9.66. The fourth-order valence-electron chi connectivity index (χ4n) is 1.70. The molecule has 0 unspecified atom stereocenters. The molecule has 1 amide bonds. The van der Waals surface area contributed by atoms with Crippen LogP contribution in [-0.4, -0.2) is 37.1 Å². The molecule has 25 heavy (non-hydrogen) atoms. The molecule has 7 nitrogen and oxygen atoms in total. The molecule has 0 aromatic heterocycles. The number of carbonyl (C=O) groups excluding carboxylic acids is 3. The Balaban J connectivity index is 2.67. The van der Waals surface area contributed by atoms with Crippen molar-refractivity contribution in [2.75, 3.05) is 13.2 Å². The van der Waals surface area contributed by atoms with Crippen LogP contribution in [-0.2, 0) is 9.53 Å². The topological polar surface area (TPSA) is 90.9 Å². The lowest BCUT2D eigenvalue weighted by Crippen LogP contribution is -2.36. The number of rotatable bonds is 8. The highest BCUT2D eigenvalue weighted by Gasteiger charge is 2.18. The number of aldehydes is 1. The molecular weight excluding hydrogens is 326 g/mol. The van der Waals surface area contributed by atoms with Gasteiger partial charge in [0, 0.05) is 5.56 Å². The van der Waals surface area contributed by atoms with Crippen molar-refractivity contribution >= 4 is 18.3 Å². The lowest BCUT2D eigenvalue weighted by atomic mass is 10.2. The molecule has 138 valence electrons. The molecule has 0 heterocycles. The summed E-state index contributed by atoms with van der Waals surface area (Å²) in [6.07, 6.45) is 1.36. The van der Waals surface area contributed by atoms with Gasteiger partial charge in [0.05, 0.1) is 6.61 Å². The first kappa shape index (κ1) is 20.5. The van der Waals surface area contributed by atoms with Crippen LogP contribution in [0.15, 0.2) is 18.2 Å². The summed E-state index contributed by atoms with van der Waals surface area (Å²) in [6.45, 7) is 8.89. The van der Waals surface area contributed by atoms with E-state index in [1.165, 1.54) is 6.07 Å².